The van der Waals surface area contributed by atoms with Crippen molar-refractivity contribution in [3.8, 4) is 0 Å². The highest BCUT2D eigenvalue weighted by atomic mass is 19.1. The number of alkyl halides is 1. The fourth-order valence-corrected chi connectivity index (χ4v) is 6.60. The number of unbranched alkanes of at least 4 members (excludes halogenated alkanes) is 2. The van der Waals surface area contributed by atoms with Gasteiger partial charge in [0.1, 0.15) is 6.67 Å². The van der Waals surface area contributed by atoms with Crippen molar-refractivity contribution < 1.29 is 4.39 Å². The monoisotopic (exact) mass is 448 g/mol. The summed E-state index contributed by atoms with van der Waals surface area (Å²) in [5.74, 6) is 3.83. The van der Waals surface area contributed by atoms with E-state index in [4.69, 9.17) is 0 Å². The predicted octanol–water partition coefficient (Wildman–Crippen LogP) is 9.60. The molecule has 1 heteroatoms. The normalized spacial score (nSPS) is 25.8. The highest BCUT2D eigenvalue weighted by Gasteiger charge is 2.31. The zero-order valence-corrected chi connectivity index (χ0v) is 20.9. The highest BCUT2D eigenvalue weighted by Crippen LogP contribution is 2.44. The van der Waals surface area contributed by atoms with Crippen LogP contribution in [0.2, 0.25) is 0 Å². The zero-order chi connectivity index (χ0) is 22.9. The fraction of sp³-hybridized carbons (Fsp3) is 0.625. The van der Waals surface area contributed by atoms with Crippen molar-refractivity contribution in [2.75, 3.05) is 0 Å². The lowest BCUT2D eigenvalue weighted by molar-refractivity contribution is 0.155. The molecule has 4 rings (SSSR count). The number of aryl methyl sites for hydroxylation is 2. The summed E-state index contributed by atoms with van der Waals surface area (Å²) >= 11 is 0. The smallest absolute Gasteiger partial charge is 0.115 e. The minimum atomic E-state index is -0.371. The maximum Gasteiger partial charge on any atom is 0.115 e. The van der Waals surface area contributed by atoms with Crippen molar-refractivity contribution in [1.29, 1.82) is 0 Å². The molecule has 0 nitrogen and oxygen atoms in total. The summed E-state index contributed by atoms with van der Waals surface area (Å²) < 4.78 is 12.7. The first kappa shape index (κ1) is 24.5. The number of hydrogen-bond acceptors (Lipinski definition) is 0. The maximum absolute atomic E-state index is 12.7. The van der Waals surface area contributed by atoms with Gasteiger partial charge in [-0.1, -0.05) is 94.0 Å². The Labute approximate surface area is 202 Å². The summed E-state index contributed by atoms with van der Waals surface area (Å²) in [5, 5.41) is 0. The van der Waals surface area contributed by atoms with Crippen LogP contribution in [0.4, 0.5) is 4.39 Å². The van der Waals surface area contributed by atoms with Gasteiger partial charge in [-0.05, 0) is 97.3 Å². The number of halogens is 1. The third kappa shape index (κ3) is 7.17. The molecule has 33 heavy (non-hydrogen) atoms. The second-order valence-electron chi connectivity index (χ2n) is 11.1. The van der Waals surface area contributed by atoms with Gasteiger partial charge in [0.2, 0.25) is 0 Å². The zero-order valence-electron chi connectivity index (χ0n) is 20.9. The van der Waals surface area contributed by atoms with E-state index in [0.717, 1.165) is 42.1 Å². The van der Waals surface area contributed by atoms with Gasteiger partial charge in [0.15, 0.2) is 0 Å². The standard InChI is InChI=1S/C32H45F/c1-2-3-4-5-25-12-16-29(17-13-25)31-20-22-32(23-21-31)30-18-14-27(15-19-30)7-6-26-8-10-28(24-33)11-9-26/h8-11,14-15,18-19,25,29,31-32H,2-7,12-13,16-17,20-24H2,1H3/t25-,29-,31?,32?. The molecule has 180 valence electrons. The van der Waals surface area contributed by atoms with Crippen LogP contribution in [-0.2, 0) is 19.5 Å². The Morgan fingerprint density at radius 1 is 0.636 bits per heavy atom. The van der Waals surface area contributed by atoms with Gasteiger partial charge in [-0.3, -0.25) is 0 Å². The molecule has 0 saturated heterocycles. The van der Waals surface area contributed by atoms with Crippen molar-refractivity contribution in [2.24, 2.45) is 17.8 Å². The molecule has 0 aromatic heterocycles. The quantitative estimate of drug-likeness (QED) is 0.317. The van der Waals surface area contributed by atoms with Gasteiger partial charge in [0.25, 0.3) is 0 Å². The van der Waals surface area contributed by atoms with Crippen LogP contribution < -0.4 is 0 Å². The Morgan fingerprint density at radius 3 is 1.70 bits per heavy atom. The largest absolute Gasteiger partial charge is 0.246 e. The number of hydrogen-bond donors (Lipinski definition) is 0. The molecule has 2 aliphatic carbocycles. The molecule has 2 saturated carbocycles. The van der Waals surface area contributed by atoms with Crippen LogP contribution in [0.25, 0.3) is 0 Å². The highest BCUT2D eigenvalue weighted by molar-refractivity contribution is 5.28. The molecule has 0 unspecified atom stereocenters. The molecule has 2 fully saturated rings. The van der Waals surface area contributed by atoms with E-state index in [1.807, 2.05) is 12.1 Å². The van der Waals surface area contributed by atoms with Gasteiger partial charge in [-0.2, -0.15) is 0 Å². The molecule has 2 aromatic rings. The summed E-state index contributed by atoms with van der Waals surface area (Å²) in [6.45, 7) is 1.95. The van der Waals surface area contributed by atoms with E-state index in [1.165, 1.54) is 88.2 Å². The minimum Gasteiger partial charge on any atom is -0.246 e. The van der Waals surface area contributed by atoms with Gasteiger partial charge >= 0.3 is 0 Å². The minimum absolute atomic E-state index is 0.371. The molecule has 0 amide bonds. The van der Waals surface area contributed by atoms with Gasteiger partial charge in [0.05, 0.1) is 0 Å². The Bertz CT molecular complexity index is 789. The second kappa shape index (κ2) is 12.7. The van der Waals surface area contributed by atoms with Crippen molar-refractivity contribution in [1.82, 2.24) is 0 Å². The molecule has 2 aromatic carbocycles. The predicted molar refractivity (Wildman–Crippen MR) is 139 cm³/mol. The van der Waals surface area contributed by atoms with E-state index < -0.39 is 0 Å². The van der Waals surface area contributed by atoms with Gasteiger partial charge in [-0.15, -0.1) is 0 Å². The van der Waals surface area contributed by atoms with Crippen LogP contribution >= 0.6 is 0 Å². The van der Waals surface area contributed by atoms with Crippen molar-refractivity contribution in [3.63, 3.8) is 0 Å². The number of benzene rings is 2. The van der Waals surface area contributed by atoms with Crippen LogP contribution in [0.15, 0.2) is 48.5 Å². The van der Waals surface area contributed by atoms with E-state index in [0.29, 0.717) is 0 Å². The van der Waals surface area contributed by atoms with Gasteiger partial charge in [0, 0.05) is 0 Å². The SMILES string of the molecule is CCCCC[C@H]1CC[C@H](C2CCC(c3ccc(CCc4ccc(CF)cc4)cc3)CC2)CC1. The third-order valence-electron chi connectivity index (χ3n) is 8.88. The first-order valence-corrected chi connectivity index (χ1v) is 14.0. The lowest BCUT2D eigenvalue weighted by Crippen LogP contribution is -2.25. The molecule has 2 aliphatic rings. The topological polar surface area (TPSA) is 0 Å². The van der Waals surface area contributed by atoms with Crippen LogP contribution in [0.3, 0.4) is 0 Å². The van der Waals surface area contributed by atoms with E-state index in [9.17, 15) is 4.39 Å². The van der Waals surface area contributed by atoms with Crippen LogP contribution in [0.5, 0.6) is 0 Å². The Balaban J connectivity index is 1.18. The molecule has 0 radical (unpaired) electrons. The lowest BCUT2D eigenvalue weighted by Gasteiger charge is -2.38. The lowest BCUT2D eigenvalue weighted by atomic mass is 9.68. The van der Waals surface area contributed by atoms with Crippen LogP contribution in [-0.4, -0.2) is 0 Å². The Hall–Kier alpha value is -1.63. The van der Waals surface area contributed by atoms with Crippen molar-refractivity contribution in [2.45, 2.75) is 109 Å². The number of rotatable bonds is 10. The Kier molecular flexibility index (Phi) is 9.45. The summed E-state index contributed by atoms with van der Waals surface area (Å²) in [4.78, 5) is 0. The average Bonchev–Trinajstić information content (AvgIpc) is 2.89. The molecular formula is C32H45F. The molecule has 0 spiro atoms. The fourth-order valence-electron chi connectivity index (χ4n) is 6.60. The van der Waals surface area contributed by atoms with E-state index >= 15 is 0 Å². The van der Waals surface area contributed by atoms with Crippen molar-refractivity contribution >= 4 is 0 Å². The maximum atomic E-state index is 12.7. The third-order valence-corrected chi connectivity index (χ3v) is 8.88. The first-order valence-electron chi connectivity index (χ1n) is 14.0. The molecule has 0 atom stereocenters. The molecule has 0 bridgehead atoms. The van der Waals surface area contributed by atoms with E-state index in [2.05, 4.69) is 43.3 Å². The molecule has 0 heterocycles. The molecule has 0 aliphatic heterocycles. The van der Waals surface area contributed by atoms with Crippen LogP contribution in [0.1, 0.15) is 112 Å². The van der Waals surface area contributed by atoms with Crippen LogP contribution in [0, 0.1) is 17.8 Å². The van der Waals surface area contributed by atoms with E-state index in [-0.39, 0.29) is 6.67 Å². The first-order chi connectivity index (χ1) is 16.2. The Morgan fingerprint density at radius 2 is 1.15 bits per heavy atom. The van der Waals surface area contributed by atoms with E-state index in [1.54, 1.807) is 5.56 Å². The van der Waals surface area contributed by atoms with Gasteiger partial charge < -0.3 is 0 Å². The summed E-state index contributed by atoms with van der Waals surface area (Å²) in [5.41, 5.74) is 5.04. The summed E-state index contributed by atoms with van der Waals surface area (Å²) in [7, 11) is 0. The average molecular weight is 449 g/mol. The second-order valence-corrected chi connectivity index (χ2v) is 11.1. The molecular weight excluding hydrogens is 403 g/mol. The summed E-state index contributed by atoms with van der Waals surface area (Å²) in [6.07, 6.45) is 19.6. The summed E-state index contributed by atoms with van der Waals surface area (Å²) in [6, 6.07) is 17.4. The van der Waals surface area contributed by atoms with Crippen molar-refractivity contribution in [3.05, 3.63) is 70.8 Å². The van der Waals surface area contributed by atoms with Gasteiger partial charge in [-0.25, -0.2) is 4.39 Å². The molecule has 0 N–H and O–H groups in total.